The van der Waals surface area contributed by atoms with Crippen molar-refractivity contribution in [1.82, 2.24) is 5.32 Å². The number of carbonyl (C=O) groups is 2. The van der Waals surface area contributed by atoms with Crippen molar-refractivity contribution in [2.24, 2.45) is 5.92 Å². The molecule has 0 saturated carbocycles. The molecule has 6 heteroatoms. The van der Waals surface area contributed by atoms with E-state index in [9.17, 15) is 9.59 Å². The average Bonchev–Trinajstić information content (AvgIpc) is 2.87. The molecule has 0 aliphatic carbocycles. The Kier molecular flexibility index (Phi) is 2.98. The van der Waals surface area contributed by atoms with Gasteiger partial charge in [0.2, 0.25) is 18.6 Å². The van der Waals surface area contributed by atoms with Gasteiger partial charge >= 0.3 is 0 Å². The first-order valence-corrected chi connectivity index (χ1v) is 6.19. The van der Waals surface area contributed by atoms with Crippen molar-refractivity contribution in [3.8, 4) is 11.5 Å². The lowest BCUT2D eigenvalue weighted by molar-refractivity contribution is -0.126. The highest BCUT2D eigenvalue weighted by molar-refractivity contribution is 5.94. The number of rotatable bonds is 2. The van der Waals surface area contributed by atoms with Gasteiger partial charge in [0.25, 0.3) is 0 Å². The molecule has 2 aliphatic rings. The minimum atomic E-state index is -0.178. The fourth-order valence-corrected chi connectivity index (χ4v) is 2.18. The molecule has 0 radical (unpaired) electrons. The van der Waals surface area contributed by atoms with Crippen LogP contribution in [0.5, 0.6) is 11.5 Å². The predicted octanol–water partition coefficient (Wildman–Crippen LogP) is 0.880. The van der Waals surface area contributed by atoms with E-state index in [1.165, 1.54) is 0 Å². The minimum absolute atomic E-state index is 0.00660. The van der Waals surface area contributed by atoms with Crippen molar-refractivity contribution in [1.29, 1.82) is 0 Å². The molecule has 1 aromatic rings. The fourth-order valence-electron chi connectivity index (χ4n) is 2.18. The molecule has 2 aliphatic heterocycles. The zero-order valence-electron chi connectivity index (χ0n) is 10.3. The SMILES string of the molecule is O=C1CCC(C(=O)Nc2ccc3c(c2)OCO3)CN1. The normalized spacial score (nSPS) is 20.8. The summed E-state index contributed by atoms with van der Waals surface area (Å²) < 4.78 is 10.5. The van der Waals surface area contributed by atoms with Crippen molar-refractivity contribution in [2.45, 2.75) is 12.8 Å². The van der Waals surface area contributed by atoms with Gasteiger partial charge in [-0.25, -0.2) is 0 Å². The quantitative estimate of drug-likeness (QED) is 0.829. The lowest BCUT2D eigenvalue weighted by atomic mass is 9.98. The van der Waals surface area contributed by atoms with Gasteiger partial charge in [0, 0.05) is 24.7 Å². The number of fused-ring (bicyclic) bond motifs is 1. The summed E-state index contributed by atoms with van der Waals surface area (Å²) in [6.07, 6.45) is 0.988. The largest absolute Gasteiger partial charge is 0.454 e. The van der Waals surface area contributed by atoms with Crippen molar-refractivity contribution in [3.63, 3.8) is 0 Å². The van der Waals surface area contributed by atoms with Crippen LogP contribution < -0.4 is 20.1 Å². The Labute approximate surface area is 110 Å². The van der Waals surface area contributed by atoms with Crippen molar-refractivity contribution in [3.05, 3.63) is 18.2 Å². The van der Waals surface area contributed by atoms with E-state index >= 15 is 0 Å². The van der Waals surface area contributed by atoms with Crippen LogP contribution in [0.25, 0.3) is 0 Å². The summed E-state index contributed by atoms with van der Waals surface area (Å²) in [6, 6.07) is 5.27. The molecule has 0 aromatic heterocycles. The number of ether oxygens (including phenoxy) is 2. The van der Waals surface area contributed by atoms with Crippen LogP contribution in [-0.4, -0.2) is 25.2 Å². The van der Waals surface area contributed by atoms with E-state index in [2.05, 4.69) is 10.6 Å². The summed E-state index contributed by atoms with van der Waals surface area (Å²) >= 11 is 0. The van der Waals surface area contributed by atoms with Crippen molar-refractivity contribution in [2.75, 3.05) is 18.7 Å². The number of hydrogen-bond donors (Lipinski definition) is 2. The van der Waals surface area contributed by atoms with E-state index in [4.69, 9.17) is 9.47 Å². The van der Waals surface area contributed by atoms with Crippen LogP contribution in [0.1, 0.15) is 12.8 Å². The molecule has 6 nitrogen and oxygen atoms in total. The molecular formula is C13H14N2O4. The summed E-state index contributed by atoms with van der Waals surface area (Å²) in [7, 11) is 0. The molecule has 1 unspecified atom stereocenters. The van der Waals surface area contributed by atoms with E-state index in [1.54, 1.807) is 18.2 Å². The Bertz CT molecular complexity index is 519. The Hall–Kier alpha value is -2.24. The van der Waals surface area contributed by atoms with E-state index < -0.39 is 0 Å². The minimum Gasteiger partial charge on any atom is -0.454 e. The third-order valence-electron chi connectivity index (χ3n) is 3.28. The molecule has 2 N–H and O–H groups in total. The number of amides is 2. The second-order valence-corrected chi connectivity index (χ2v) is 4.60. The number of anilines is 1. The smallest absolute Gasteiger partial charge is 0.231 e. The summed E-state index contributed by atoms with van der Waals surface area (Å²) in [5.74, 6) is 1.06. The van der Waals surface area contributed by atoms with Crippen LogP contribution in [-0.2, 0) is 9.59 Å². The van der Waals surface area contributed by atoms with Gasteiger partial charge in [0.1, 0.15) is 0 Å². The standard InChI is InChI=1S/C13H14N2O4/c16-12-4-1-8(6-14-12)13(17)15-9-2-3-10-11(5-9)19-7-18-10/h2-3,5,8H,1,4,6-7H2,(H,14,16)(H,15,17). The first-order valence-electron chi connectivity index (χ1n) is 6.19. The number of benzene rings is 1. The zero-order valence-corrected chi connectivity index (χ0v) is 10.3. The number of hydrogen-bond acceptors (Lipinski definition) is 4. The molecule has 1 aromatic carbocycles. The highest BCUT2D eigenvalue weighted by atomic mass is 16.7. The molecule has 1 atom stereocenters. The Balaban J connectivity index is 1.64. The van der Waals surface area contributed by atoms with Gasteiger partial charge in [-0.1, -0.05) is 0 Å². The maximum atomic E-state index is 12.0. The maximum absolute atomic E-state index is 12.0. The summed E-state index contributed by atoms with van der Waals surface area (Å²) in [6.45, 7) is 0.608. The van der Waals surface area contributed by atoms with E-state index in [-0.39, 0.29) is 24.5 Å². The summed E-state index contributed by atoms with van der Waals surface area (Å²) in [5.41, 5.74) is 0.672. The molecule has 2 amide bonds. The van der Waals surface area contributed by atoms with E-state index in [0.717, 1.165) is 0 Å². The third-order valence-corrected chi connectivity index (χ3v) is 3.28. The van der Waals surface area contributed by atoms with Gasteiger partial charge in [-0.2, -0.15) is 0 Å². The molecular weight excluding hydrogens is 248 g/mol. The number of piperidine rings is 1. The lowest BCUT2D eigenvalue weighted by Gasteiger charge is -2.21. The van der Waals surface area contributed by atoms with Crippen LogP contribution >= 0.6 is 0 Å². The summed E-state index contributed by atoms with van der Waals surface area (Å²) in [4.78, 5) is 23.1. The second-order valence-electron chi connectivity index (χ2n) is 4.60. The van der Waals surface area contributed by atoms with Gasteiger partial charge in [-0.3, -0.25) is 9.59 Å². The molecule has 0 bridgehead atoms. The van der Waals surface area contributed by atoms with Crippen molar-refractivity contribution >= 4 is 17.5 Å². The fraction of sp³-hybridized carbons (Fsp3) is 0.385. The Morgan fingerprint density at radius 1 is 1.32 bits per heavy atom. The Morgan fingerprint density at radius 3 is 2.95 bits per heavy atom. The van der Waals surface area contributed by atoms with Crippen LogP contribution in [0.15, 0.2) is 18.2 Å². The highest BCUT2D eigenvalue weighted by Crippen LogP contribution is 2.34. The van der Waals surface area contributed by atoms with Crippen LogP contribution in [0.4, 0.5) is 5.69 Å². The monoisotopic (exact) mass is 262 g/mol. The maximum Gasteiger partial charge on any atom is 0.231 e. The first-order chi connectivity index (χ1) is 9.22. The number of carbonyl (C=O) groups excluding carboxylic acids is 2. The summed E-state index contributed by atoms with van der Waals surface area (Å²) in [5, 5.41) is 5.53. The highest BCUT2D eigenvalue weighted by Gasteiger charge is 2.24. The van der Waals surface area contributed by atoms with E-state index in [0.29, 0.717) is 36.6 Å². The average molecular weight is 262 g/mol. The molecule has 0 spiro atoms. The zero-order chi connectivity index (χ0) is 13.2. The third kappa shape index (κ3) is 2.47. The molecule has 100 valence electrons. The molecule has 3 rings (SSSR count). The van der Waals surface area contributed by atoms with Crippen LogP contribution in [0.2, 0.25) is 0 Å². The molecule has 1 saturated heterocycles. The van der Waals surface area contributed by atoms with Gasteiger partial charge in [0.15, 0.2) is 11.5 Å². The number of nitrogens with one attached hydrogen (secondary N) is 2. The second kappa shape index (κ2) is 4.79. The molecule has 2 heterocycles. The molecule has 19 heavy (non-hydrogen) atoms. The molecule has 1 fully saturated rings. The van der Waals surface area contributed by atoms with Crippen molar-refractivity contribution < 1.29 is 19.1 Å². The lowest BCUT2D eigenvalue weighted by Crippen LogP contribution is -2.40. The van der Waals surface area contributed by atoms with Crippen LogP contribution in [0, 0.1) is 5.92 Å². The van der Waals surface area contributed by atoms with Gasteiger partial charge in [0.05, 0.1) is 5.92 Å². The van der Waals surface area contributed by atoms with E-state index in [1.807, 2.05) is 0 Å². The Morgan fingerprint density at radius 2 is 2.16 bits per heavy atom. The topological polar surface area (TPSA) is 76.7 Å². The van der Waals surface area contributed by atoms with Gasteiger partial charge in [-0.15, -0.1) is 0 Å². The first kappa shape index (κ1) is 11.8. The van der Waals surface area contributed by atoms with Gasteiger partial charge < -0.3 is 20.1 Å². The van der Waals surface area contributed by atoms with Crippen LogP contribution in [0.3, 0.4) is 0 Å². The van der Waals surface area contributed by atoms with Gasteiger partial charge in [-0.05, 0) is 18.6 Å². The predicted molar refractivity (Wildman–Crippen MR) is 66.9 cm³/mol.